The first kappa shape index (κ1) is 20.7. The molecule has 1 aliphatic rings. The number of benzene rings is 2. The highest BCUT2D eigenvalue weighted by Gasteiger charge is 2.32. The highest BCUT2D eigenvalue weighted by molar-refractivity contribution is 6.32. The molecule has 0 spiro atoms. The molecule has 0 aliphatic carbocycles. The zero-order valence-electron chi connectivity index (χ0n) is 16.4. The summed E-state index contributed by atoms with van der Waals surface area (Å²) in [5.41, 5.74) is 1.29. The molecule has 4 nitrogen and oxygen atoms in total. The van der Waals surface area contributed by atoms with Crippen molar-refractivity contribution in [3.63, 3.8) is 0 Å². The van der Waals surface area contributed by atoms with Gasteiger partial charge in [0.25, 0.3) is 0 Å². The van der Waals surface area contributed by atoms with E-state index in [0.29, 0.717) is 43.1 Å². The van der Waals surface area contributed by atoms with Crippen LogP contribution < -0.4 is 4.74 Å². The average molecular weight is 402 g/mol. The molecule has 0 bridgehead atoms. The van der Waals surface area contributed by atoms with Crippen molar-refractivity contribution in [3.8, 4) is 5.75 Å². The van der Waals surface area contributed by atoms with E-state index < -0.39 is 5.60 Å². The summed E-state index contributed by atoms with van der Waals surface area (Å²) in [4.78, 5) is 14.5. The standard InChI is InChI=1S/C23H28ClNO3/c1-18-8-10-20(24)21(16-18)28-17-23(27)12-5-14-25(15-13-23)22(26)11-9-19-6-3-2-4-7-19/h2-4,6-8,10,16,27H,5,9,11-15,17H2,1H3. The number of carbonyl (C=O) groups is 1. The minimum Gasteiger partial charge on any atom is -0.489 e. The normalized spacial score (nSPS) is 19.9. The molecule has 2 aromatic rings. The van der Waals surface area contributed by atoms with Gasteiger partial charge >= 0.3 is 0 Å². The molecule has 28 heavy (non-hydrogen) atoms. The van der Waals surface area contributed by atoms with E-state index >= 15 is 0 Å². The van der Waals surface area contributed by atoms with Crippen molar-refractivity contribution >= 4 is 17.5 Å². The van der Waals surface area contributed by atoms with Crippen LogP contribution in [0.15, 0.2) is 48.5 Å². The van der Waals surface area contributed by atoms with E-state index in [1.165, 1.54) is 5.56 Å². The van der Waals surface area contributed by atoms with E-state index in [9.17, 15) is 9.90 Å². The fourth-order valence-electron chi connectivity index (χ4n) is 3.56. The monoisotopic (exact) mass is 401 g/mol. The second-order valence-electron chi connectivity index (χ2n) is 7.67. The Hall–Kier alpha value is -2.04. The summed E-state index contributed by atoms with van der Waals surface area (Å²) in [7, 11) is 0. The number of nitrogens with zero attached hydrogens (tertiary/aromatic N) is 1. The number of rotatable bonds is 6. The number of hydrogen-bond donors (Lipinski definition) is 1. The summed E-state index contributed by atoms with van der Waals surface area (Å²) in [6.07, 6.45) is 3.12. The largest absolute Gasteiger partial charge is 0.489 e. The Balaban J connectivity index is 1.51. The van der Waals surface area contributed by atoms with E-state index in [1.807, 2.05) is 54.3 Å². The minimum absolute atomic E-state index is 0.149. The van der Waals surface area contributed by atoms with Gasteiger partial charge in [-0.25, -0.2) is 0 Å². The SMILES string of the molecule is Cc1ccc(Cl)c(OCC2(O)CCCN(C(=O)CCc3ccccc3)CC2)c1. The van der Waals surface area contributed by atoms with Crippen LogP contribution in [-0.2, 0) is 11.2 Å². The number of ether oxygens (including phenoxy) is 1. The molecule has 1 N–H and O–H groups in total. The molecule has 1 atom stereocenters. The van der Waals surface area contributed by atoms with Crippen molar-refractivity contribution < 1.29 is 14.6 Å². The lowest BCUT2D eigenvalue weighted by atomic mass is 9.96. The molecule has 1 saturated heterocycles. The van der Waals surface area contributed by atoms with Crippen LogP contribution in [0.4, 0.5) is 0 Å². The molecular weight excluding hydrogens is 374 g/mol. The van der Waals surface area contributed by atoms with E-state index in [0.717, 1.165) is 18.4 Å². The molecule has 1 heterocycles. The summed E-state index contributed by atoms with van der Waals surface area (Å²) >= 11 is 6.18. The summed E-state index contributed by atoms with van der Waals surface area (Å²) in [6.45, 7) is 3.39. The molecular formula is C23H28ClNO3. The lowest BCUT2D eigenvalue weighted by molar-refractivity contribution is -0.131. The Bertz CT molecular complexity index is 796. The van der Waals surface area contributed by atoms with Gasteiger partial charge in [0, 0.05) is 19.5 Å². The minimum atomic E-state index is -0.943. The van der Waals surface area contributed by atoms with Gasteiger partial charge in [0.05, 0.1) is 5.02 Å². The lowest BCUT2D eigenvalue weighted by Gasteiger charge is -2.27. The first-order chi connectivity index (χ1) is 13.5. The van der Waals surface area contributed by atoms with Crippen molar-refractivity contribution in [2.24, 2.45) is 0 Å². The molecule has 1 aliphatic heterocycles. The molecule has 0 radical (unpaired) electrons. The third kappa shape index (κ3) is 5.73. The van der Waals surface area contributed by atoms with Gasteiger partial charge in [-0.3, -0.25) is 4.79 Å². The van der Waals surface area contributed by atoms with Crippen molar-refractivity contribution in [1.29, 1.82) is 0 Å². The Morgan fingerprint density at radius 1 is 1.18 bits per heavy atom. The predicted molar refractivity (Wildman–Crippen MR) is 112 cm³/mol. The van der Waals surface area contributed by atoms with E-state index in [-0.39, 0.29) is 12.5 Å². The molecule has 0 saturated carbocycles. The number of aliphatic hydroxyl groups is 1. The van der Waals surface area contributed by atoms with Crippen LogP contribution >= 0.6 is 11.6 Å². The number of likely N-dealkylation sites (tertiary alicyclic amines) is 1. The number of amides is 1. The summed E-state index contributed by atoms with van der Waals surface area (Å²) in [5, 5.41) is 11.5. The van der Waals surface area contributed by atoms with Crippen LogP contribution in [0.3, 0.4) is 0 Å². The summed E-state index contributed by atoms with van der Waals surface area (Å²) in [5.74, 6) is 0.742. The van der Waals surface area contributed by atoms with Crippen molar-refractivity contribution in [2.45, 2.75) is 44.6 Å². The molecule has 3 rings (SSSR count). The van der Waals surface area contributed by atoms with Gasteiger partial charge in [0.2, 0.25) is 5.91 Å². The highest BCUT2D eigenvalue weighted by Crippen LogP contribution is 2.29. The van der Waals surface area contributed by atoms with Gasteiger partial charge in [0.15, 0.2) is 0 Å². The number of carbonyl (C=O) groups excluding carboxylic acids is 1. The first-order valence-corrected chi connectivity index (χ1v) is 10.3. The van der Waals surface area contributed by atoms with Crippen LogP contribution in [0.2, 0.25) is 5.02 Å². The van der Waals surface area contributed by atoms with Gasteiger partial charge in [0.1, 0.15) is 18.0 Å². The maximum absolute atomic E-state index is 12.6. The number of aryl methyl sites for hydroxylation is 2. The van der Waals surface area contributed by atoms with Gasteiger partial charge in [-0.1, -0.05) is 48.0 Å². The van der Waals surface area contributed by atoms with E-state index in [4.69, 9.17) is 16.3 Å². The Kier molecular flexibility index (Phi) is 6.97. The smallest absolute Gasteiger partial charge is 0.222 e. The van der Waals surface area contributed by atoms with Gasteiger partial charge < -0.3 is 14.7 Å². The summed E-state index contributed by atoms with van der Waals surface area (Å²) < 4.78 is 5.83. The zero-order valence-corrected chi connectivity index (χ0v) is 17.1. The number of halogens is 1. The molecule has 2 aromatic carbocycles. The molecule has 1 amide bonds. The van der Waals surface area contributed by atoms with Crippen LogP contribution in [-0.4, -0.2) is 41.2 Å². The molecule has 1 unspecified atom stereocenters. The van der Waals surface area contributed by atoms with Crippen molar-refractivity contribution in [2.75, 3.05) is 19.7 Å². The fourth-order valence-corrected chi connectivity index (χ4v) is 3.73. The Labute approximate surface area is 172 Å². The van der Waals surface area contributed by atoms with Gasteiger partial charge in [-0.05, 0) is 55.9 Å². The van der Waals surface area contributed by atoms with Crippen LogP contribution in [0.25, 0.3) is 0 Å². The Morgan fingerprint density at radius 2 is 1.96 bits per heavy atom. The second kappa shape index (κ2) is 9.44. The van der Waals surface area contributed by atoms with E-state index in [2.05, 4.69) is 0 Å². The van der Waals surface area contributed by atoms with Gasteiger partial charge in [-0.15, -0.1) is 0 Å². The third-order valence-electron chi connectivity index (χ3n) is 5.32. The van der Waals surface area contributed by atoms with Crippen LogP contribution in [0.1, 0.15) is 36.8 Å². The maximum atomic E-state index is 12.6. The lowest BCUT2D eigenvalue weighted by Crippen LogP contribution is -2.38. The topological polar surface area (TPSA) is 49.8 Å². The van der Waals surface area contributed by atoms with Crippen LogP contribution in [0, 0.1) is 6.92 Å². The summed E-state index contributed by atoms with van der Waals surface area (Å²) in [6, 6.07) is 15.7. The Morgan fingerprint density at radius 3 is 2.75 bits per heavy atom. The zero-order chi connectivity index (χ0) is 20.0. The van der Waals surface area contributed by atoms with E-state index in [1.54, 1.807) is 6.07 Å². The second-order valence-corrected chi connectivity index (χ2v) is 8.07. The average Bonchev–Trinajstić information content (AvgIpc) is 2.90. The molecule has 1 fully saturated rings. The molecule has 150 valence electrons. The number of hydrogen-bond acceptors (Lipinski definition) is 3. The predicted octanol–water partition coefficient (Wildman–Crippen LogP) is 4.40. The molecule has 0 aromatic heterocycles. The third-order valence-corrected chi connectivity index (χ3v) is 5.64. The first-order valence-electron chi connectivity index (χ1n) is 9.88. The van der Waals surface area contributed by atoms with Crippen molar-refractivity contribution in [3.05, 3.63) is 64.7 Å². The quantitative estimate of drug-likeness (QED) is 0.780. The maximum Gasteiger partial charge on any atom is 0.222 e. The molecule has 5 heteroatoms. The highest BCUT2D eigenvalue weighted by atomic mass is 35.5. The fraction of sp³-hybridized carbons (Fsp3) is 0.435. The van der Waals surface area contributed by atoms with Crippen LogP contribution in [0.5, 0.6) is 5.75 Å². The van der Waals surface area contributed by atoms with Gasteiger partial charge in [-0.2, -0.15) is 0 Å². The van der Waals surface area contributed by atoms with Crippen molar-refractivity contribution in [1.82, 2.24) is 4.90 Å².